The largest absolute Gasteiger partial charge is 0.288 e. The van der Waals surface area contributed by atoms with E-state index in [4.69, 9.17) is 24.4 Å². The molecule has 14 heteroatoms. The lowest BCUT2D eigenvalue weighted by atomic mass is 9.65. The van der Waals surface area contributed by atoms with E-state index in [-0.39, 0.29) is 21.4 Å². The van der Waals surface area contributed by atoms with Crippen molar-refractivity contribution < 1.29 is 19.2 Å². The Morgan fingerprint density at radius 1 is 0.340 bits per heavy atom. The van der Waals surface area contributed by atoms with E-state index in [1.54, 1.807) is 28.2 Å². The predicted octanol–water partition coefficient (Wildman–Crippen LogP) is 17.5. The second-order valence-electron chi connectivity index (χ2n) is 27.7. The summed E-state index contributed by atoms with van der Waals surface area (Å²) in [5.74, 6) is -1.57. The zero-order valence-electron chi connectivity index (χ0n) is 59.0. The summed E-state index contributed by atoms with van der Waals surface area (Å²) in [6.45, 7) is 9.10. The Morgan fingerprint density at radius 3 is 0.890 bits per heavy atom. The van der Waals surface area contributed by atoms with Crippen LogP contribution in [0.4, 0.5) is 0 Å². The molecule has 0 bridgehead atoms. The van der Waals surface area contributed by atoms with Gasteiger partial charge < -0.3 is 0 Å². The summed E-state index contributed by atoms with van der Waals surface area (Å²) in [6.07, 6.45) is 27.7. The quantitative estimate of drug-likeness (QED) is 0.0397. The van der Waals surface area contributed by atoms with Gasteiger partial charge in [0.25, 0.3) is 23.6 Å². The molecule has 9 aromatic rings. The van der Waals surface area contributed by atoms with Crippen molar-refractivity contribution in [2.45, 2.75) is 167 Å². The first kappa shape index (κ1) is 70.9. The van der Waals surface area contributed by atoms with Gasteiger partial charge in [-0.2, -0.15) is 0 Å². The molecule has 0 atom stereocenters. The van der Waals surface area contributed by atoms with Gasteiger partial charge in [-0.05, 0) is 214 Å². The van der Waals surface area contributed by atoms with E-state index in [9.17, 15) is 19.2 Å². The van der Waals surface area contributed by atoms with Gasteiger partial charge in [0.1, 0.15) is 11.1 Å². The van der Waals surface area contributed by atoms with E-state index in [1.807, 2.05) is 46.9 Å². The van der Waals surface area contributed by atoms with Gasteiger partial charge in [-0.3, -0.25) is 38.8 Å². The topological polar surface area (TPSA) is 81.2 Å². The van der Waals surface area contributed by atoms with Gasteiger partial charge >= 0.3 is 0 Å². The van der Waals surface area contributed by atoms with Crippen molar-refractivity contribution in [2.24, 2.45) is 0 Å². The second kappa shape index (κ2) is 30.6. The van der Waals surface area contributed by atoms with Crippen LogP contribution in [0.2, 0.25) is 0 Å². The van der Waals surface area contributed by atoms with E-state index in [1.165, 1.54) is 207 Å². The van der Waals surface area contributed by atoms with Gasteiger partial charge in [-0.1, -0.05) is 202 Å². The lowest BCUT2D eigenvalue weighted by Gasteiger charge is -2.35. The molecule has 2 aliphatic heterocycles. The maximum atomic E-state index is 13.8. The van der Waals surface area contributed by atoms with E-state index < -0.39 is 34.5 Å². The Morgan fingerprint density at radius 2 is 0.620 bits per heavy atom. The van der Waals surface area contributed by atoms with Crippen LogP contribution in [0.1, 0.15) is 207 Å². The fourth-order valence-electron chi connectivity index (χ4n) is 15.6. The molecule has 2 aliphatic carbocycles. The zero-order chi connectivity index (χ0) is 70.0. The number of aryl methyl sites for hydroxylation is 4. The summed E-state index contributed by atoms with van der Waals surface area (Å²) >= 11 is 17.5. The Labute approximate surface area is 617 Å². The Bertz CT molecular complexity index is 4400. The number of carbonyl (C=O) groups excluding carboxylic acids is 4. The van der Waals surface area contributed by atoms with Gasteiger partial charge in [-0.15, -0.1) is 45.3 Å². The molecule has 0 N–H and O–H groups in total. The summed E-state index contributed by atoms with van der Waals surface area (Å²) < 4.78 is 3.11. The van der Waals surface area contributed by atoms with Crippen LogP contribution in [0.25, 0.3) is 44.2 Å². The fraction of sp³-hybridized carbons (Fsp3) is 0.349. The van der Waals surface area contributed by atoms with Crippen molar-refractivity contribution in [1.29, 1.82) is 0 Å². The average Bonchev–Trinajstić information content (AvgIpc) is 1.50. The maximum absolute atomic E-state index is 13.8. The van der Waals surface area contributed by atoms with Crippen LogP contribution in [-0.4, -0.2) is 81.6 Å². The lowest BCUT2D eigenvalue weighted by Crippen LogP contribution is -2.53. The fourth-order valence-corrected chi connectivity index (χ4v) is 20.4. The third kappa shape index (κ3) is 13.2. The standard InChI is InChI=1S/C86H90N4O4S6/c1-9-13-17-21-25-55-29-37-59(38-30-55)85(60-39-31-56(32-40-60)26-22-18-14-10-2)69-53-68-70(54-67(69)77-71(85)51-65(99-77)49-63-45-47-73(97-63)75-79(91)87(5)83(95)88(6)80(75)92)86(61-41-33-57(34-42-61)27-23-19-15-11-3,62-43-35-58(36-44-62)28-24-20-16-12-4)72-52-66(100-78(68)72)50-64-46-48-74(98-64)76-81(93)89(7)84(96)90(8)82(76)94/h29-54H,9-28H2,1-8H3/b63-49+,64-50+. The summed E-state index contributed by atoms with van der Waals surface area (Å²) in [7, 11) is 6.52. The highest BCUT2D eigenvalue weighted by molar-refractivity contribution is 7.80. The van der Waals surface area contributed by atoms with Crippen molar-refractivity contribution in [3.05, 3.63) is 240 Å². The molecular formula is C86H90N4O4S6. The SMILES string of the molecule is CCCCCCc1ccc(C2(c3ccc(CCCCCC)cc3)c3cc4c(cc3-c3sc(/C=c5\ccc(=C6C(=O)N(C)C(=S)N(C)C6=O)s5)cc32)C(c2ccc(CCCCCC)cc2)(c2ccc(CCCCCC)cc2)c2cc(/C=c3\ccc(=C5C(=O)N(C)C(=S)N(C)C5=O)s3)sc2-4)cc1. The van der Waals surface area contributed by atoms with Crippen LogP contribution in [0.15, 0.2) is 146 Å². The van der Waals surface area contributed by atoms with Crippen LogP contribution in [0, 0.1) is 0 Å². The molecule has 0 radical (unpaired) electrons. The monoisotopic (exact) mass is 1430 g/mol. The molecule has 13 rings (SSSR count). The highest BCUT2D eigenvalue weighted by Crippen LogP contribution is 2.65. The Kier molecular flexibility index (Phi) is 21.7. The van der Waals surface area contributed by atoms with Crippen LogP contribution < -0.4 is 18.1 Å². The molecule has 4 aliphatic rings. The van der Waals surface area contributed by atoms with Gasteiger partial charge in [0.05, 0.1) is 10.8 Å². The Balaban J connectivity index is 1.08. The molecule has 2 saturated heterocycles. The van der Waals surface area contributed by atoms with Crippen molar-refractivity contribution >= 4 is 127 Å². The highest BCUT2D eigenvalue weighted by atomic mass is 32.1. The third-order valence-corrected chi connectivity index (χ3v) is 26.6. The van der Waals surface area contributed by atoms with Gasteiger partial charge in [0.2, 0.25) is 0 Å². The molecule has 0 unspecified atom stereocenters. The molecule has 0 spiro atoms. The van der Waals surface area contributed by atoms with Gasteiger partial charge in [0.15, 0.2) is 10.2 Å². The number of carbonyl (C=O) groups is 4. The summed E-state index contributed by atoms with van der Waals surface area (Å²) in [4.78, 5) is 65.5. The number of nitrogens with zero attached hydrogens (tertiary/aromatic N) is 4. The van der Waals surface area contributed by atoms with Crippen molar-refractivity contribution in [1.82, 2.24) is 19.6 Å². The molecule has 6 heterocycles. The maximum Gasteiger partial charge on any atom is 0.266 e. The molecule has 4 aromatic heterocycles. The minimum Gasteiger partial charge on any atom is -0.288 e. The molecule has 100 heavy (non-hydrogen) atoms. The summed E-state index contributed by atoms with van der Waals surface area (Å²) in [6, 6.07) is 56.5. The van der Waals surface area contributed by atoms with E-state index in [0.29, 0.717) is 9.06 Å². The molecular weight excluding hydrogens is 1350 g/mol. The molecule has 2 fully saturated rings. The van der Waals surface area contributed by atoms with Crippen molar-refractivity contribution in [3.8, 4) is 20.9 Å². The summed E-state index contributed by atoms with van der Waals surface area (Å²) in [5.41, 5.74) is 16.4. The summed E-state index contributed by atoms with van der Waals surface area (Å²) in [5, 5.41) is 0.375. The first-order valence-electron chi connectivity index (χ1n) is 36.2. The van der Waals surface area contributed by atoms with E-state index in [0.717, 1.165) is 70.2 Å². The number of fused-ring (bicyclic) bond motifs is 6. The van der Waals surface area contributed by atoms with Crippen LogP contribution in [0.5, 0.6) is 0 Å². The minimum atomic E-state index is -0.754. The minimum absolute atomic E-state index is 0.128. The number of amides is 4. The number of hydrogen-bond acceptors (Lipinski definition) is 10. The number of hydrogen-bond donors (Lipinski definition) is 0. The van der Waals surface area contributed by atoms with Crippen LogP contribution >= 0.6 is 69.8 Å². The molecule has 514 valence electrons. The first-order valence-corrected chi connectivity index (χ1v) is 40.3. The predicted molar refractivity (Wildman–Crippen MR) is 426 cm³/mol. The number of unbranched alkanes of at least 4 members (excludes halogenated alkanes) is 12. The first-order chi connectivity index (χ1) is 48.5. The highest BCUT2D eigenvalue weighted by Gasteiger charge is 2.53. The number of rotatable bonds is 26. The smallest absolute Gasteiger partial charge is 0.266 e. The van der Waals surface area contributed by atoms with E-state index in [2.05, 4.69) is 161 Å². The van der Waals surface area contributed by atoms with Gasteiger partial charge in [0, 0.05) is 65.8 Å². The normalized spacial score (nSPS) is 15.9. The number of thiophene rings is 4. The molecule has 0 saturated carbocycles. The van der Waals surface area contributed by atoms with Gasteiger partial charge in [-0.25, -0.2) is 0 Å². The third-order valence-electron chi connectivity index (χ3n) is 21.1. The second-order valence-corrected chi connectivity index (χ2v) is 32.8. The van der Waals surface area contributed by atoms with Crippen LogP contribution in [0.3, 0.4) is 0 Å². The average molecular weight is 1440 g/mol. The number of benzene rings is 5. The molecule has 8 nitrogen and oxygen atoms in total. The lowest BCUT2D eigenvalue weighted by molar-refractivity contribution is -0.130. The van der Waals surface area contributed by atoms with Crippen molar-refractivity contribution in [2.75, 3.05) is 28.2 Å². The molecule has 4 amide bonds. The zero-order valence-corrected chi connectivity index (χ0v) is 63.9. The molecule has 5 aromatic carbocycles. The number of thiocarbonyl (C=S) groups is 2. The van der Waals surface area contributed by atoms with Crippen LogP contribution in [-0.2, 0) is 55.7 Å². The van der Waals surface area contributed by atoms with E-state index >= 15 is 0 Å². The Hall–Kier alpha value is -7.56. The van der Waals surface area contributed by atoms with Crippen molar-refractivity contribution in [3.63, 3.8) is 0 Å².